The van der Waals surface area contributed by atoms with Crippen molar-refractivity contribution in [1.82, 2.24) is 4.90 Å². The Balaban J connectivity index is 0.000000240. The molecule has 0 atom stereocenters. The van der Waals surface area contributed by atoms with Crippen LogP contribution in [0.15, 0.2) is 279 Å². The molecule has 0 bridgehead atoms. The van der Waals surface area contributed by atoms with Crippen LogP contribution in [-0.4, -0.2) is 49.3 Å². The van der Waals surface area contributed by atoms with Crippen molar-refractivity contribution < 1.29 is 24.4 Å². The summed E-state index contributed by atoms with van der Waals surface area (Å²) in [6, 6.07) is 98.8. The van der Waals surface area contributed by atoms with E-state index in [1.165, 1.54) is 111 Å². The van der Waals surface area contributed by atoms with Gasteiger partial charge in [-0.1, -0.05) is 333 Å². The molecule has 0 amide bonds. The molecule has 0 aromatic heterocycles. The van der Waals surface area contributed by atoms with Gasteiger partial charge in [0.1, 0.15) is 29.7 Å². The van der Waals surface area contributed by atoms with Gasteiger partial charge in [-0.15, -0.1) is 0 Å². The lowest BCUT2D eigenvalue weighted by atomic mass is 9.73. The van der Waals surface area contributed by atoms with Gasteiger partial charge < -0.3 is 40.8 Å². The first-order valence-corrected chi connectivity index (χ1v) is 40.2. The van der Waals surface area contributed by atoms with Gasteiger partial charge in [0.25, 0.3) is 0 Å². The molecule has 0 aliphatic carbocycles. The van der Waals surface area contributed by atoms with Crippen LogP contribution in [0.5, 0.6) is 23.0 Å². The summed E-state index contributed by atoms with van der Waals surface area (Å²) in [5.41, 5.74) is 37.5. The largest absolute Gasteiger partial charge is 0.508 e. The van der Waals surface area contributed by atoms with Gasteiger partial charge in [0, 0.05) is 98.3 Å². The molecule has 0 radical (unpaired) electrons. The number of nitrogens with two attached hydrogens (primary N) is 2. The summed E-state index contributed by atoms with van der Waals surface area (Å²) in [4.78, 5) is 4.54. The normalized spacial score (nSPS) is 13.1. The summed E-state index contributed by atoms with van der Waals surface area (Å²) in [5, 5.41) is 19.1. The summed E-state index contributed by atoms with van der Waals surface area (Å²) in [6.45, 7) is 44.2. The quantitative estimate of drug-likeness (QED) is 0.0621. The minimum Gasteiger partial charge on any atom is -0.508 e. The number of benzene rings is 12. The molecule has 2 aliphatic heterocycles. The van der Waals surface area contributed by atoms with Gasteiger partial charge in [-0.25, -0.2) is 0 Å². The number of rotatable bonds is 18. The van der Waals surface area contributed by atoms with Crippen LogP contribution in [0.2, 0.25) is 0 Å². The van der Waals surface area contributed by atoms with Crippen molar-refractivity contribution in [3.63, 3.8) is 0 Å². The molecular weight excluding hydrogens is 1430 g/mol. The Kier molecular flexibility index (Phi) is 29.1. The first-order valence-electron chi connectivity index (χ1n) is 40.2. The first-order chi connectivity index (χ1) is 53.9. The number of hydrogen-bond donors (Lipinski definition) is 4. The summed E-state index contributed by atoms with van der Waals surface area (Å²) < 4.78 is 16.8. The van der Waals surface area contributed by atoms with Crippen molar-refractivity contribution in [3.05, 3.63) is 385 Å². The van der Waals surface area contributed by atoms with E-state index >= 15 is 0 Å². The van der Waals surface area contributed by atoms with Gasteiger partial charge in [-0.05, 0) is 195 Å². The highest BCUT2D eigenvalue weighted by molar-refractivity contribution is 5.57. The van der Waals surface area contributed by atoms with E-state index in [2.05, 4.69) is 346 Å². The van der Waals surface area contributed by atoms with Crippen LogP contribution in [0.4, 0.5) is 17.1 Å². The molecular formula is C108H134N4O5. The molecule has 9 nitrogen and oxygen atoms in total. The standard InChI is InChI=1S/C54H60N2O2.C24H28N2.C24H26O2.C3H8O.3CH4/c1-37-14-16-40(17-15-37)51(2,3)44-12-11-13-45(32-44)52(4,5)43-22-26-48(27-23-43)56-34-39-31-47(25-29-50(39)58-36-56)54(8,9)42-20-18-41(19-21-42)53(6,7)46-24-28-49-38(30-46)33-55(10)35-57-49;1-23(2,17-8-12-21(25)13-9-17)19-6-5-7-20(16-19)24(3,4)18-10-14-22(26)15-11-18;1-23(2,19-9-13-21(25)14-10-19)17-5-7-18(8-6-17)24(3,4)20-11-15-22(26)16-12-20;1-3-4-2;;;/h11-32H,33-36H2,1-10H3;5-16H,25-26H2,1-4H3;5-16,25-26H,1-4H3;3H2,1-2H3;3*1H4. The molecule has 9 heteroatoms. The van der Waals surface area contributed by atoms with E-state index in [0.29, 0.717) is 13.5 Å². The highest BCUT2D eigenvalue weighted by atomic mass is 16.5. The van der Waals surface area contributed by atoms with Crippen molar-refractivity contribution in [1.29, 1.82) is 0 Å². The molecule has 0 spiro atoms. The predicted octanol–water partition coefficient (Wildman–Crippen LogP) is 26.3. The second-order valence-electron chi connectivity index (χ2n) is 35.5. The van der Waals surface area contributed by atoms with Gasteiger partial charge in [-0.2, -0.15) is 0 Å². The van der Waals surface area contributed by atoms with Crippen LogP contribution in [-0.2, 0) is 61.1 Å². The van der Waals surface area contributed by atoms with Crippen molar-refractivity contribution >= 4 is 17.1 Å². The fraction of sp³-hybridized carbons (Fsp3) is 0.333. The highest BCUT2D eigenvalue weighted by Crippen LogP contribution is 2.44. The lowest BCUT2D eigenvalue weighted by Gasteiger charge is -2.34. The number of phenolic OH excluding ortho intramolecular Hbond substituents is 2. The molecule has 117 heavy (non-hydrogen) atoms. The van der Waals surface area contributed by atoms with E-state index in [0.717, 1.165) is 42.6 Å². The van der Waals surface area contributed by atoms with Crippen LogP contribution in [0.1, 0.15) is 246 Å². The maximum absolute atomic E-state index is 9.53. The second-order valence-corrected chi connectivity index (χ2v) is 35.5. The summed E-state index contributed by atoms with van der Waals surface area (Å²) >= 11 is 0. The van der Waals surface area contributed by atoms with Gasteiger partial charge in [0.15, 0.2) is 6.73 Å². The molecule has 12 aromatic carbocycles. The number of fused-ring (bicyclic) bond motifs is 2. The van der Waals surface area contributed by atoms with Crippen LogP contribution in [0.25, 0.3) is 0 Å². The minimum atomic E-state index is -0.187. The van der Waals surface area contributed by atoms with Crippen LogP contribution >= 0.6 is 0 Å². The maximum Gasteiger partial charge on any atom is 0.161 e. The smallest absolute Gasteiger partial charge is 0.161 e. The number of anilines is 3. The Morgan fingerprint density at radius 1 is 0.316 bits per heavy atom. The highest BCUT2D eigenvalue weighted by Gasteiger charge is 2.34. The zero-order chi connectivity index (χ0) is 82.3. The van der Waals surface area contributed by atoms with Gasteiger partial charge in [0.2, 0.25) is 0 Å². The Bertz CT molecular complexity index is 5040. The maximum atomic E-state index is 9.53. The summed E-state index contributed by atoms with van der Waals surface area (Å²) in [6.07, 6.45) is 0. The van der Waals surface area contributed by atoms with Gasteiger partial charge in [0.05, 0.1) is 0 Å². The Morgan fingerprint density at radius 2 is 0.547 bits per heavy atom. The molecule has 616 valence electrons. The summed E-state index contributed by atoms with van der Waals surface area (Å²) in [7, 11) is 3.78. The average molecular weight is 1570 g/mol. The van der Waals surface area contributed by atoms with Crippen LogP contribution in [0, 0.1) is 6.92 Å². The lowest BCUT2D eigenvalue weighted by Crippen LogP contribution is -2.32. The van der Waals surface area contributed by atoms with E-state index in [1.807, 2.05) is 55.5 Å². The average Bonchev–Trinajstić information content (AvgIpc) is 0.782. The van der Waals surface area contributed by atoms with Crippen molar-refractivity contribution in [2.75, 3.05) is 50.6 Å². The van der Waals surface area contributed by atoms with E-state index in [9.17, 15) is 10.2 Å². The number of ether oxygens (including phenoxy) is 3. The predicted molar refractivity (Wildman–Crippen MR) is 498 cm³/mol. The number of methoxy groups -OCH3 is 1. The number of hydrogen-bond acceptors (Lipinski definition) is 9. The number of aromatic hydroxyl groups is 2. The minimum absolute atomic E-state index is 0. The number of aryl methyl sites for hydroxylation is 1. The van der Waals surface area contributed by atoms with Gasteiger partial charge in [-0.3, -0.25) is 4.90 Å². The third kappa shape index (κ3) is 20.4. The SMILES string of the molecule is C.C.C.CC(C)(c1ccc(N)cc1)c1cccc(C(C)(C)c2ccc(N)cc2)c1.CC(C)(c1ccc(O)cc1)c1ccc(C(C)(C)c2ccc(O)cc2)cc1.CCOC.Cc1ccc(C(C)(C)c2cccc(C(C)(C)c3ccc(N4COc5ccc(C(C)(C)c6ccc(C(C)(C)c7ccc8c(c7)CN(C)CO8)cc6)cc5C4)cc3)c2)cc1. The molecule has 2 aliphatic rings. The fourth-order valence-corrected chi connectivity index (χ4v) is 15.7. The molecule has 0 saturated carbocycles. The number of nitrogen functional groups attached to an aromatic ring is 2. The third-order valence-electron chi connectivity index (χ3n) is 24.9. The van der Waals surface area contributed by atoms with E-state index < -0.39 is 0 Å². The van der Waals surface area contributed by atoms with Crippen molar-refractivity contribution in [2.45, 2.75) is 203 Å². The van der Waals surface area contributed by atoms with Crippen molar-refractivity contribution in [2.24, 2.45) is 0 Å². The van der Waals surface area contributed by atoms with Crippen LogP contribution < -0.4 is 25.8 Å². The Morgan fingerprint density at radius 3 is 0.846 bits per heavy atom. The number of nitrogens with zero attached hydrogens (tertiary/aromatic N) is 2. The zero-order valence-corrected chi connectivity index (χ0v) is 71.3. The van der Waals surface area contributed by atoms with Crippen LogP contribution in [0.3, 0.4) is 0 Å². The third-order valence-corrected chi connectivity index (χ3v) is 24.9. The Labute approximate surface area is 703 Å². The lowest BCUT2D eigenvalue weighted by molar-refractivity contribution is 0.121. The number of phenols is 2. The van der Waals surface area contributed by atoms with E-state index in [4.69, 9.17) is 20.9 Å². The zero-order valence-electron chi connectivity index (χ0n) is 71.3. The van der Waals surface area contributed by atoms with E-state index in [-0.39, 0.29) is 77.1 Å². The molecule has 0 unspecified atom stereocenters. The molecule has 12 aromatic rings. The molecule has 6 N–H and O–H groups in total. The van der Waals surface area contributed by atoms with E-state index in [1.54, 1.807) is 31.4 Å². The van der Waals surface area contributed by atoms with Crippen molar-refractivity contribution in [3.8, 4) is 23.0 Å². The Hall–Kier alpha value is -10.8. The first kappa shape index (κ1) is 91.7. The summed E-state index contributed by atoms with van der Waals surface area (Å²) in [5.74, 6) is 2.55. The van der Waals surface area contributed by atoms with Gasteiger partial charge >= 0.3 is 0 Å². The topological polar surface area (TPSA) is 127 Å². The fourth-order valence-electron chi connectivity index (χ4n) is 15.7. The second kappa shape index (κ2) is 37.2. The monoisotopic (exact) mass is 1570 g/mol. The molecule has 0 fully saturated rings. The molecule has 2 heterocycles. The molecule has 0 saturated heterocycles. The molecule has 14 rings (SSSR count).